The predicted molar refractivity (Wildman–Crippen MR) is 130 cm³/mol. The highest BCUT2D eigenvalue weighted by Gasteiger charge is 2.13. The molecule has 0 saturated carbocycles. The van der Waals surface area contributed by atoms with Crippen molar-refractivity contribution in [1.82, 2.24) is 10.3 Å². The molecule has 0 unspecified atom stereocenters. The van der Waals surface area contributed by atoms with Gasteiger partial charge in [0.2, 0.25) is 10.0 Å². The third-order valence-corrected chi connectivity index (χ3v) is 5.88. The number of hydrogen-bond acceptors (Lipinski definition) is 7. The van der Waals surface area contributed by atoms with Crippen LogP contribution in [-0.4, -0.2) is 49.6 Å². The average Bonchev–Trinajstić information content (AvgIpc) is 3.16. The van der Waals surface area contributed by atoms with Crippen LogP contribution in [0.3, 0.4) is 0 Å². The van der Waals surface area contributed by atoms with Crippen LogP contribution >= 0.6 is 0 Å². The van der Waals surface area contributed by atoms with Crippen molar-refractivity contribution in [3.05, 3.63) is 65.7 Å². The van der Waals surface area contributed by atoms with Crippen molar-refractivity contribution in [1.29, 1.82) is 5.26 Å². The number of aliphatic hydroxyl groups excluding tert-OH is 1. The number of fused-ring (bicyclic) bond motifs is 3. The van der Waals surface area contributed by atoms with Gasteiger partial charge in [0.15, 0.2) is 0 Å². The third kappa shape index (κ3) is 5.40. The highest BCUT2D eigenvalue weighted by Crippen LogP contribution is 2.29. The number of aromatic nitrogens is 1. The molecule has 9 nitrogen and oxygen atoms in total. The number of nitrogens with zero attached hydrogens (tertiary/aromatic N) is 1. The second kappa shape index (κ2) is 9.61. The van der Waals surface area contributed by atoms with Gasteiger partial charge in [0.05, 0.1) is 35.2 Å². The van der Waals surface area contributed by atoms with Crippen molar-refractivity contribution in [3.63, 3.8) is 0 Å². The van der Waals surface area contributed by atoms with Crippen LogP contribution in [0.2, 0.25) is 0 Å². The summed E-state index contributed by atoms with van der Waals surface area (Å²) in [6.45, 7) is 1.06. The van der Waals surface area contributed by atoms with E-state index >= 15 is 0 Å². The first-order valence-electron chi connectivity index (χ1n) is 10.5. The molecule has 4 aromatic rings. The summed E-state index contributed by atoms with van der Waals surface area (Å²) < 4.78 is 30.9. The normalized spacial score (nSPS) is 12.5. The zero-order chi connectivity index (χ0) is 24.3. The van der Waals surface area contributed by atoms with Crippen molar-refractivity contribution in [2.45, 2.75) is 6.10 Å². The highest BCUT2D eigenvalue weighted by molar-refractivity contribution is 7.92. The van der Waals surface area contributed by atoms with Gasteiger partial charge in [-0.1, -0.05) is 12.1 Å². The van der Waals surface area contributed by atoms with Crippen molar-refractivity contribution in [2.24, 2.45) is 0 Å². The van der Waals surface area contributed by atoms with E-state index in [4.69, 9.17) is 10.00 Å². The van der Waals surface area contributed by atoms with Gasteiger partial charge in [-0.05, 0) is 42.0 Å². The predicted octanol–water partition coefficient (Wildman–Crippen LogP) is 2.97. The van der Waals surface area contributed by atoms with E-state index in [0.717, 1.165) is 28.1 Å². The van der Waals surface area contributed by atoms with Gasteiger partial charge in [0.25, 0.3) is 0 Å². The van der Waals surface area contributed by atoms with Gasteiger partial charge in [-0.15, -0.1) is 0 Å². The molecule has 0 saturated heterocycles. The number of anilines is 1. The number of sulfonamides is 1. The molecule has 0 spiro atoms. The summed E-state index contributed by atoms with van der Waals surface area (Å²) in [6, 6.07) is 17.7. The molecular formula is C24H24N4O5S. The van der Waals surface area contributed by atoms with E-state index in [2.05, 4.69) is 21.1 Å². The topological polar surface area (TPSA) is 147 Å². The Morgan fingerprint density at radius 2 is 1.82 bits per heavy atom. The molecule has 0 fully saturated rings. The molecule has 5 N–H and O–H groups in total. The first kappa shape index (κ1) is 23.4. The summed E-state index contributed by atoms with van der Waals surface area (Å²) in [5.74, 6) is 0.470. The van der Waals surface area contributed by atoms with Crippen LogP contribution in [-0.2, 0) is 10.0 Å². The summed E-state index contributed by atoms with van der Waals surface area (Å²) in [7, 11) is -3.56. The molecule has 0 aliphatic heterocycles. The molecule has 1 heterocycles. The third-order valence-electron chi connectivity index (χ3n) is 5.29. The molecule has 0 bridgehead atoms. The second-order valence-electron chi connectivity index (χ2n) is 7.92. The van der Waals surface area contributed by atoms with Gasteiger partial charge in [-0.2, -0.15) is 5.26 Å². The van der Waals surface area contributed by atoms with E-state index in [-0.39, 0.29) is 18.0 Å². The summed E-state index contributed by atoms with van der Waals surface area (Å²) in [6.07, 6.45) is 0.0825. The summed E-state index contributed by atoms with van der Waals surface area (Å²) >= 11 is 0. The number of hydrogen-bond donors (Lipinski definition) is 5. The van der Waals surface area contributed by atoms with Gasteiger partial charge in [-0.3, -0.25) is 4.72 Å². The van der Waals surface area contributed by atoms with Crippen LogP contribution in [0.4, 0.5) is 5.69 Å². The van der Waals surface area contributed by atoms with E-state index in [1.54, 1.807) is 6.07 Å². The Hall–Kier alpha value is -3.78. The van der Waals surface area contributed by atoms with Crippen molar-refractivity contribution < 1.29 is 23.4 Å². The van der Waals surface area contributed by atoms with E-state index in [1.807, 2.05) is 30.3 Å². The number of aliphatic hydroxyl groups is 1. The number of rotatable bonds is 9. The van der Waals surface area contributed by atoms with Crippen molar-refractivity contribution in [3.8, 4) is 17.6 Å². The minimum atomic E-state index is -3.56. The first-order chi connectivity index (χ1) is 16.2. The SMILES string of the molecule is CS(=O)(=O)Nc1cc([C@@H](O)CNCCOc2ccc3c(c2)[nH]c2cc(C#N)ccc23)ccc1O. The van der Waals surface area contributed by atoms with Gasteiger partial charge >= 0.3 is 0 Å². The Kier molecular flexibility index (Phi) is 6.61. The van der Waals surface area contributed by atoms with Crippen LogP contribution < -0.4 is 14.8 Å². The molecule has 176 valence electrons. The largest absolute Gasteiger partial charge is 0.506 e. The highest BCUT2D eigenvalue weighted by atomic mass is 32.2. The quantitative estimate of drug-likeness (QED) is 0.183. The fraction of sp³-hybridized carbons (Fsp3) is 0.208. The Labute approximate surface area is 196 Å². The number of H-pyrrole nitrogens is 1. The Morgan fingerprint density at radius 1 is 1.09 bits per heavy atom. The summed E-state index contributed by atoms with van der Waals surface area (Å²) in [5.41, 5.74) is 2.88. The van der Waals surface area contributed by atoms with Crippen LogP contribution in [0.5, 0.6) is 11.5 Å². The maximum Gasteiger partial charge on any atom is 0.229 e. The Bertz CT molecular complexity index is 1490. The molecule has 1 atom stereocenters. The van der Waals surface area contributed by atoms with Crippen LogP contribution in [0.25, 0.3) is 21.8 Å². The van der Waals surface area contributed by atoms with Crippen LogP contribution in [0, 0.1) is 11.3 Å². The zero-order valence-corrected chi connectivity index (χ0v) is 19.2. The van der Waals surface area contributed by atoms with E-state index < -0.39 is 16.1 Å². The lowest BCUT2D eigenvalue weighted by atomic mass is 10.1. The van der Waals surface area contributed by atoms with E-state index in [1.165, 1.54) is 18.2 Å². The standard InChI is InChI=1S/C24H24N4O5S/c1-34(31,32)28-22-11-16(3-7-23(22)29)24(30)14-26-8-9-33-17-4-6-19-18-5-2-15(13-25)10-20(18)27-21(19)12-17/h2-7,10-12,24,26-30H,8-9,14H2,1H3/t24-/m0/s1. The average molecular weight is 481 g/mol. The number of nitrogens with one attached hydrogen (secondary N) is 3. The number of benzene rings is 3. The molecule has 0 aliphatic carbocycles. The molecule has 3 aromatic carbocycles. The Balaban J connectivity index is 1.31. The lowest BCUT2D eigenvalue weighted by Gasteiger charge is -2.15. The van der Waals surface area contributed by atoms with Crippen LogP contribution in [0.1, 0.15) is 17.2 Å². The van der Waals surface area contributed by atoms with Gasteiger partial charge in [0, 0.05) is 35.4 Å². The lowest BCUT2D eigenvalue weighted by Crippen LogP contribution is -2.26. The zero-order valence-electron chi connectivity index (χ0n) is 18.4. The fourth-order valence-electron chi connectivity index (χ4n) is 3.69. The minimum absolute atomic E-state index is 0.0126. The van der Waals surface area contributed by atoms with E-state index in [0.29, 0.717) is 30.0 Å². The minimum Gasteiger partial charge on any atom is -0.506 e. The molecular weight excluding hydrogens is 456 g/mol. The molecule has 34 heavy (non-hydrogen) atoms. The van der Waals surface area contributed by atoms with Gasteiger partial charge in [0.1, 0.15) is 18.1 Å². The second-order valence-corrected chi connectivity index (χ2v) is 9.67. The number of phenolic OH excluding ortho intramolecular Hbond substituents is 1. The molecule has 4 rings (SSSR count). The van der Waals surface area contributed by atoms with Gasteiger partial charge in [-0.25, -0.2) is 8.42 Å². The number of phenols is 1. The maximum atomic E-state index is 11.4. The molecule has 0 amide bonds. The summed E-state index contributed by atoms with van der Waals surface area (Å²) in [4.78, 5) is 3.31. The molecule has 0 radical (unpaired) electrons. The summed E-state index contributed by atoms with van der Waals surface area (Å²) in [5, 5.41) is 34.5. The van der Waals surface area contributed by atoms with Gasteiger partial charge < -0.3 is 25.3 Å². The van der Waals surface area contributed by atoms with Crippen molar-refractivity contribution >= 4 is 37.5 Å². The van der Waals surface area contributed by atoms with E-state index in [9.17, 15) is 18.6 Å². The first-order valence-corrected chi connectivity index (χ1v) is 12.4. The Morgan fingerprint density at radius 3 is 2.56 bits per heavy atom. The number of aromatic hydroxyl groups is 1. The number of nitriles is 1. The maximum absolute atomic E-state index is 11.4. The van der Waals surface area contributed by atoms with Crippen molar-refractivity contribution in [2.75, 3.05) is 30.7 Å². The number of ether oxygens (including phenoxy) is 1. The number of aromatic amines is 1. The van der Waals surface area contributed by atoms with Crippen LogP contribution in [0.15, 0.2) is 54.6 Å². The molecule has 1 aromatic heterocycles. The molecule has 0 aliphatic rings. The molecule has 10 heteroatoms. The monoisotopic (exact) mass is 480 g/mol. The lowest BCUT2D eigenvalue weighted by molar-refractivity contribution is 0.172. The fourth-order valence-corrected chi connectivity index (χ4v) is 4.25. The smallest absolute Gasteiger partial charge is 0.229 e.